The third-order valence-electron chi connectivity index (χ3n) is 6.77. The first-order valence-corrected chi connectivity index (χ1v) is 11.3. The molecule has 0 spiro atoms. The number of fused-ring (bicyclic) bond motifs is 4. The van der Waals surface area contributed by atoms with Crippen LogP contribution in [-0.4, -0.2) is 70.2 Å². The highest BCUT2D eigenvalue weighted by Gasteiger charge is 2.44. The van der Waals surface area contributed by atoms with Crippen LogP contribution in [0.2, 0.25) is 0 Å². The number of likely N-dealkylation sites (N-methyl/N-ethyl adjacent to an activating group) is 1. The highest BCUT2D eigenvalue weighted by Crippen LogP contribution is 2.38. The number of hydrogen-bond acceptors (Lipinski definition) is 7. The number of ether oxygens (including phenoxy) is 3. The largest absolute Gasteiger partial charge is 0.493 e. The molecule has 2 unspecified atom stereocenters. The Morgan fingerprint density at radius 3 is 2.74 bits per heavy atom. The van der Waals surface area contributed by atoms with Gasteiger partial charge < -0.3 is 24.1 Å². The zero-order valence-corrected chi connectivity index (χ0v) is 19.2. The van der Waals surface area contributed by atoms with Gasteiger partial charge in [-0.25, -0.2) is 14.8 Å². The summed E-state index contributed by atoms with van der Waals surface area (Å²) in [6.07, 6.45) is 2.06. The monoisotopic (exact) mass is 459 g/mol. The van der Waals surface area contributed by atoms with Crippen LogP contribution in [0.15, 0.2) is 42.7 Å². The summed E-state index contributed by atoms with van der Waals surface area (Å²) < 4.78 is 17.4. The van der Waals surface area contributed by atoms with Crippen molar-refractivity contribution in [3.63, 3.8) is 0 Å². The van der Waals surface area contributed by atoms with Crippen LogP contribution in [0, 0.1) is 6.92 Å². The molecule has 2 atom stereocenters. The van der Waals surface area contributed by atoms with Gasteiger partial charge in [-0.05, 0) is 50.7 Å². The van der Waals surface area contributed by atoms with E-state index < -0.39 is 0 Å². The standard InChI is InChI=1S/C25H25N5O4/c1-14-6-15-7-18(4-5-20(15)28-14)33-24-19-9-23(22(32-3)10-21(19)26-13-27-24)34-25(31)30-12-16-8-17(30)11-29(16)2/h4-7,9-10,13,16-17,28H,8,11-12H2,1-3H3. The average molecular weight is 460 g/mol. The summed E-state index contributed by atoms with van der Waals surface area (Å²) in [7, 11) is 3.63. The van der Waals surface area contributed by atoms with E-state index in [1.165, 1.54) is 13.4 Å². The zero-order chi connectivity index (χ0) is 23.4. The molecule has 174 valence electrons. The molecular weight excluding hydrogens is 434 g/mol. The minimum Gasteiger partial charge on any atom is -0.493 e. The van der Waals surface area contributed by atoms with Crippen LogP contribution < -0.4 is 14.2 Å². The Bertz CT molecular complexity index is 1420. The number of amides is 1. The second-order valence-electron chi connectivity index (χ2n) is 9.01. The van der Waals surface area contributed by atoms with E-state index in [-0.39, 0.29) is 12.1 Å². The average Bonchev–Trinajstić information content (AvgIpc) is 3.51. The maximum Gasteiger partial charge on any atom is 0.415 e. The molecule has 2 aliphatic rings. The fourth-order valence-electron chi connectivity index (χ4n) is 5.03. The van der Waals surface area contributed by atoms with Crippen molar-refractivity contribution < 1.29 is 19.0 Å². The molecule has 2 aromatic carbocycles. The maximum absolute atomic E-state index is 13.0. The highest BCUT2D eigenvalue weighted by atomic mass is 16.6. The number of piperazine rings is 1. The van der Waals surface area contributed by atoms with Crippen molar-refractivity contribution in [3.8, 4) is 23.1 Å². The molecule has 9 heteroatoms. The molecule has 34 heavy (non-hydrogen) atoms. The maximum atomic E-state index is 13.0. The Hall–Kier alpha value is -3.85. The Morgan fingerprint density at radius 2 is 1.97 bits per heavy atom. The van der Waals surface area contributed by atoms with Gasteiger partial charge in [-0.1, -0.05) is 0 Å². The number of benzene rings is 2. The number of nitrogens with one attached hydrogen (secondary N) is 1. The Balaban J connectivity index is 1.32. The lowest BCUT2D eigenvalue weighted by Gasteiger charge is -2.31. The topological polar surface area (TPSA) is 92.8 Å². The number of H-pyrrole nitrogens is 1. The van der Waals surface area contributed by atoms with Crippen molar-refractivity contribution in [3.05, 3.63) is 48.4 Å². The summed E-state index contributed by atoms with van der Waals surface area (Å²) in [5, 5.41) is 1.68. The van der Waals surface area contributed by atoms with Crippen LogP contribution in [0.4, 0.5) is 4.79 Å². The van der Waals surface area contributed by atoms with Crippen LogP contribution in [-0.2, 0) is 0 Å². The summed E-state index contributed by atoms with van der Waals surface area (Å²) in [6.45, 7) is 3.56. The molecule has 1 amide bonds. The number of likely N-dealkylation sites (tertiary alicyclic amines) is 2. The SMILES string of the molecule is COc1cc2ncnc(Oc3ccc4[nH]c(C)cc4c3)c2cc1OC(=O)N1CC2CC1CN2C. The van der Waals surface area contributed by atoms with Gasteiger partial charge in [-0.2, -0.15) is 0 Å². The third kappa shape index (κ3) is 3.49. The number of methoxy groups -OCH3 is 1. The molecule has 6 rings (SSSR count). The van der Waals surface area contributed by atoms with Gasteiger partial charge >= 0.3 is 6.09 Å². The van der Waals surface area contributed by atoms with E-state index in [0.717, 1.165) is 29.6 Å². The lowest BCUT2D eigenvalue weighted by Crippen LogP contribution is -2.48. The number of aromatic amines is 1. The second kappa shape index (κ2) is 7.88. The minimum atomic E-state index is -0.370. The number of carbonyl (C=O) groups is 1. The van der Waals surface area contributed by atoms with Crippen molar-refractivity contribution in [2.24, 2.45) is 0 Å². The van der Waals surface area contributed by atoms with E-state index in [0.29, 0.717) is 46.6 Å². The molecule has 2 aromatic heterocycles. The van der Waals surface area contributed by atoms with Gasteiger partial charge in [0.1, 0.15) is 12.1 Å². The molecule has 4 heterocycles. The number of aryl methyl sites for hydroxylation is 1. The van der Waals surface area contributed by atoms with Gasteiger partial charge in [-0.3, -0.25) is 4.90 Å². The summed E-state index contributed by atoms with van der Waals surface area (Å²) in [4.78, 5) is 29.1. The Labute approximate surface area is 196 Å². The molecule has 0 aliphatic carbocycles. The number of nitrogens with zero attached hydrogens (tertiary/aromatic N) is 4. The number of hydrogen-bond donors (Lipinski definition) is 1. The van der Waals surface area contributed by atoms with Crippen molar-refractivity contribution in [1.29, 1.82) is 0 Å². The first-order valence-electron chi connectivity index (χ1n) is 11.3. The first kappa shape index (κ1) is 20.7. The minimum absolute atomic E-state index is 0.183. The fourth-order valence-corrected chi connectivity index (χ4v) is 5.03. The fraction of sp³-hybridized carbons (Fsp3) is 0.320. The van der Waals surface area contributed by atoms with Gasteiger partial charge in [0.2, 0.25) is 5.88 Å². The van der Waals surface area contributed by atoms with Gasteiger partial charge in [0.15, 0.2) is 11.5 Å². The molecule has 4 aromatic rings. The quantitative estimate of drug-likeness (QED) is 0.491. The lowest BCUT2D eigenvalue weighted by atomic mass is 10.2. The summed E-state index contributed by atoms with van der Waals surface area (Å²) in [6, 6.07) is 11.9. The summed E-state index contributed by atoms with van der Waals surface area (Å²) >= 11 is 0. The van der Waals surface area contributed by atoms with Gasteiger partial charge in [0.05, 0.1) is 18.0 Å². The number of carbonyl (C=O) groups excluding carboxylic acids is 1. The van der Waals surface area contributed by atoms with Crippen LogP contribution in [0.25, 0.3) is 21.8 Å². The van der Waals surface area contributed by atoms with Crippen molar-refractivity contribution >= 4 is 27.9 Å². The molecule has 9 nitrogen and oxygen atoms in total. The second-order valence-corrected chi connectivity index (χ2v) is 9.01. The molecule has 2 fully saturated rings. The zero-order valence-electron chi connectivity index (χ0n) is 19.2. The molecule has 0 saturated carbocycles. The van der Waals surface area contributed by atoms with E-state index in [9.17, 15) is 4.79 Å². The first-order chi connectivity index (χ1) is 16.5. The van der Waals surface area contributed by atoms with Gasteiger partial charge in [0.25, 0.3) is 0 Å². The predicted octanol–water partition coefficient (Wildman–Crippen LogP) is 4.11. The molecule has 2 bridgehead atoms. The summed E-state index contributed by atoms with van der Waals surface area (Å²) in [5.41, 5.74) is 2.75. The van der Waals surface area contributed by atoms with E-state index in [4.69, 9.17) is 14.2 Å². The molecular formula is C25H25N5O4. The third-order valence-corrected chi connectivity index (χ3v) is 6.77. The lowest BCUT2D eigenvalue weighted by molar-refractivity contribution is 0.117. The van der Waals surface area contributed by atoms with Crippen LogP contribution >= 0.6 is 0 Å². The van der Waals surface area contributed by atoms with E-state index in [2.05, 4.69) is 33.0 Å². The molecule has 0 radical (unpaired) electrons. The molecule has 1 N–H and O–H groups in total. The normalized spacial score (nSPS) is 19.8. The highest BCUT2D eigenvalue weighted by molar-refractivity contribution is 5.88. The predicted molar refractivity (Wildman–Crippen MR) is 127 cm³/mol. The van der Waals surface area contributed by atoms with Crippen LogP contribution in [0.1, 0.15) is 12.1 Å². The van der Waals surface area contributed by atoms with E-state index >= 15 is 0 Å². The van der Waals surface area contributed by atoms with Crippen molar-refractivity contribution in [2.45, 2.75) is 25.4 Å². The summed E-state index contributed by atoms with van der Waals surface area (Å²) in [5.74, 6) is 1.76. The van der Waals surface area contributed by atoms with E-state index in [1.807, 2.05) is 25.1 Å². The van der Waals surface area contributed by atoms with E-state index in [1.54, 1.807) is 17.0 Å². The number of aromatic nitrogens is 3. The number of rotatable bonds is 4. The van der Waals surface area contributed by atoms with Crippen LogP contribution in [0.3, 0.4) is 0 Å². The van der Waals surface area contributed by atoms with Gasteiger partial charge in [0, 0.05) is 47.8 Å². The molecule has 2 saturated heterocycles. The van der Waals surface area contributed by atoms with Crippen molar-refractivity contribution in [1.82, 2.24) is 24.8 Å². The Kier molecular flexibility index (Phi) is 4.80. The van der Waals surface area contributed by atoms with Gasteiger partial charge in [-0.15, -0.1) is 0 Å². The Morgan fingerprint density at radius 1 is 1.09 bits per heavy atom. The van der Waals surface area contributed by atoms with Crippen molar-refractivity contribution in [2.75, 3.05) is 27.2 Å². The molecule has 2 aliphatic heterocycles. The smallest absolute Gasteiger partial charge is 0.415 e. The van der Waals surface area contributed by atoms with Crippen LogP contribution in [0.5, 0.6) is 23.1 Å².